The largest absolute Gasteiger partial charge is 0.522 e. The highest BCUT2D eigenvalue weighted by atomic mass is 17.2. The fraction of sp³-hybridized carbons (Fsp3) is 0.455. The van der Waals surface area contributed by atoms with Crippen LogP contribution in [0.25, 0.3) is 0 Å². The van der Waals surface area contributed by atoms with Crippen molar-refractivity contribution in [3.8, 4) is 0 Å². The molecule has 0 unspecified atom stereocenters. The SMILES string of the molecule is C1CCOC1.COOB(O)c1ccccc1. The summed E-state index contributed by atoms with van der Waals surface area (Å²) in [5, 5.41) is 9.17. The number of ether oxygens (including phenoxy) is 1. The quantitative estimate of drug-likeness (QED) is 0.467. The van der Waals surface area contributed by atoms with Crippen LogP contribution >= 0.6 is 0 Å². The fourth-order valence-electron chi connectivity index (χ4n) is 1.27. The molecule has 5 heteroatoms. The summed E-state index contributed by atoms with van der Waals surface area (Å²) >= 11 is 0. The van der Waals surface area contributed by atoms with E-state index in [0.717, 1.165) is 13.2 Å². The molecule has 1 N–H and O–H groups in total. The van der Waals surface area contributed by atoms with Gasteiger partial charge in [0.05, 0.1) is 7.11 Å². The van der Waals surface area contributed by atoms with E-state index in [1.165, 1.54) is 20.0 Å². The zero-order valence-corrected chi connectivity index (χ0v) is 9.46. The molecule has 0 amide bonds. The third-order valence-electron chi connectivity index (χ3n) is 2.10. The van der Waals surface area contributed by atoms with Crippen LogP contribution in [0.3, 0.4) is 0 Å². The van der Waals surface area contributed by atoms with Gasteiger partial charge in [0.25, 0.3) is 0 Å². The van der Waals surface area contributed by atoms with Crippen LogP contribution in [-0.2, 0) is 14.4 Å². The Balaban J connectivity index is 0.000000212. The molecule has 0 aromatic heterocycles. The van der Waals surface area contributed by atoms with Crippen LogP contribution in [0.1, 0.15) is 12.8 Å². The van der Waals surface area contributed by atoms with Gasteiger partial charge >= 0.3 is 7.12 Å². The van der Waals surface area contributed by atoms with E-state index in [-0.39, 0.29) is 0 Å². The van der Waals surface area contributed by atoms with Crippen LogP contribution in [0.15, 0.2) is 30.3 Å². The highest BCUT2D eigenvalue weighted by molar-refractivity contribution is 6.59. The molecule has 0 radical (unpaired) electrons. The third kappa shape index (κ3) is 5.28. The van der Waals surface area contributed by atoms with Crippen LogP contribution < -0.4 is 5.46 Å². The average molecular weight is 224 g/mol. The zero-order valence-electron chi connectivity index (χ0n) is 9.46. The Labute approximate surface area is 96.2 Å². The molecule has 88 valence electrons. The molecular formula is C11H17BO4. The van der Waals surface area contributed by atoms with Gasteiger partial charge in [0.15, 0.2) is 0 Å². The lowest BCUT2D eigenvalue weighted by molar-refractivity contribution is -0.193. The van der Waals surface area contributed by atoms with Crippen LogP contribution in [0, 0.1) is 0 Å². The third-order valence-corrected chi connectivity index (χ3v) is 2.10. The van der Waals surface area contributed by atoms with Crippen molar-refractivity contribution in [2.45, 2.75) is 12.8 Å². The van der Waals surface area contributed by atoms with Gasteiger partial charge in [0.1, 0.15) is 0 Å². The first-order valence-electron chi connectivity index (χ1n) is 5.35. The Kier molecular flexibility index (Phi) is 6.84. The maximum absolute atomic E-state index is 9.17. The van der Waals surface area contributed by atoms with E-state index < -0.39 is 7.12 Å². The highest BCUT2D eigenvalue weighted by Gasteiger charge is 2.15. The molecule has 16 heavy (non-hydrogen) atoms. The van der Waals surface area contributed by atoms with Crippen LogP contribution in [0.5, 0.6) is 0 Å². The van der Waals surface area contributed by atoms with E-state index >= 15 is 0 Å². The standard InChI is InChI=1S/C7H9BO3.C4H8O/c1-10-11-8(9)7-5-3-2-4-6-7;1-2-4-5-3-1/h2-6,9H,1H3;1-4H2. The predicted octanol–water partition coefficient (Wildman–Crippen LogP) is 0.749. The van der Waals surface area contributed by atoms with Gasteiger partial charge in [-0.3, -0.25) is 9.69 Å². The molecule has 0 spiro atoms. The minimum atomic E-state index is -0.999. The Morgan fingerprint density at radius 2 is 1.81 bits per heavy atom. The van der Waals surface area contributed by atoms with Crippen molar-refractivity contribution in [2.75, 3.05) is 20.3 Å². The van der Waals surface area contributed by atoms with E-state index in [4.69, 9.17) is 4.74 Å². The number of hydrogen-bond acceptors (Lipinski definition) is 4. The van der Waals surface area contributed by atoms with Crippen molar-refractivity contribution in [3.05, 3.63) is 30.3 Å². The topological polar surface area (TPSA) is 47.9 Å². The van der Waals surface area contributed by atoms with E-state index in [1.807, 2.05) is 18.2 Å². The summed E-state index contributed by atoms with van der Waals surface area (Å²) in [5.74, 6) is 0. The summed E-state index contributed by atoms with van der Waals surface area (Å²) in [5.41, 5.74) is 0.675. The monoisotopic (exact) mass is 224 g/mol. The number of rotatable bonds is 3. The predicted molar refractivity (Wildman–Crippen MR) is 62.2 cm³/mol. The second kappa shape index (κ2) is 8.30. The Hall–Kier alpha value is -0.875. The van der Waals surface area contributed by atoms with Crippen molar-refractivity contribution < 1.29 is 19.5 Å². The lowest BCUT2D eigenvalue weighted by Gasteiger charge is -2.02. The molecule has 1 heterocycles. The normalized spacial score (nSPS) is 14.1. The van der Waals surface area contributed by atoms with Crippen molar-refractivity contribution in [3.63, 3.8) is 0 Å². The first kappa shape index (κ1) is 13.2. The molecule has 1 aliphatic heterocycles. The maximum atomic E-state index is 9.17. The summed E-state index contributed by atoms with van der Waals surface area (Å²) in [6.45, 7) is 2.00. The second-order valence-corrected chi connectivity index (χ2v) is 3.35. The van der Waals surface area contributed by atoms with E-state index in [1.54, 1.807) is 12.1 Å². The molecule has 1 saturated heterocycles. The average Bonchev–Trinajstić information content (AvgIpc) is 2.89. The van der Waals surface area contributed by atoms with Gasteiger partial charge < -0.3 is 9.76 Å². The lowest BCUT2D eigenvalue weighted by Crippen LogP contribution is -2.32. The Bertz CT molecular complexity index is 256. The molecular weight excluding hydrogens is 207 g/mol. The van der Waals surface area contributed by atoms with Crippen LogP contribution in [0.4, 0.5) is 0 Å². The van der Waals surface area contributed by atoms with Crippen LogP contribution in [-0.4, -0.2) is 32.5 Å². The molecule has 0 saturated carbocycles. The lowest BCUT2D eigenvalue weighted by atomic mass is 9.80. The van der Waals surface area contributed by atoms with E-state index in [2.05, 4.69) is 9.69 Å². The van der Waals surface area contributed by atoms with Gasteiger partial charge in [-0.15, -0.1) is 0 Å². The number of benzene rings is 1. The molecule has 1 aliphatic rings. The first-order valence-corrected chi connectivity index (χ1v) is 5.35. The highest BCUT2D eigenvalue weighted by Crippen LogP contribution is 1.98. The molecule has 1 aromatic carbocycles. The smallest absolute Gasteiger partial charge is 0.422 e. The Morgan fingerprint density at radius 1 is 1.19 bits per heavy atom. The van der Waals surface area contributed by atoms with Gasteiger partial charge in [0.2, 0.25) is 0 Å². The van der Waals surface area contributed by atoms with E-state index in [0.29, 0.717) is 5.46 Å². The van der Waals surface area contributed by atoms with Crippen molar-refractivity contribution >= 4 is 12.6 Å². The number of hydrogen-bond donors (Lipinski definition) is 1. The van der Waals surface area contributed by atoms with Crippen LogP contribution in [0.2, 0.25) is 0 Å². The molecule has 4 nitrogen and oxygen atoms in total. The maximum Gasteiger partial charge on any atom is 0.522 e. The molecule has 2 rings (SSSR count). The molecule has 0 atom stereocenters. The van der Waals surface area contributed by atoms with Gasteiger partial charge in [-0.2, -0.15) is 0 Å². The Morgan fingerprint density at radius 3 is 2.25 bits per heavy atom. The molecule has 1 fully saturated rings. The minimum Gasteiger partial charge on any atom is -0.422 e. The van der Waals surface area contributed by atoms with E-state index in [9.17, 15) is 5.02 Å². The summed E-state index contributed by atoms with van der Waals surface area (Å²) in [6.07, 6.45) is 2.56. The summed E-state index contributed by atoms with van der Waals surface area (Å²) in [7, 11) is 0.354. The van der Waals surface area contributed by atoms with Crippen molar-refractivity contribution in [1.29, 1.82) is 0 Å². The summed E-state index contributed by atoms with van der Waals surface area (Å²) in [4.78, 5) is 8.79. The zero-order chi connectivity index (χ0) is 11.6. The first-order chi connectivity index (χ1) is 7.84. The fourth-order valence-corrected chi connectivity index (χ4v) is 1.27. The molecule has 1 aromatic rings. The van der Waals surface area contributed by atoms with Crippen molar-refractivity contribution in [2.24, 2.45) is 0 Å². The molecule has 0 bridgehead atoms. The van der Waals surface area contributed by atoms with Gasteiger partial charge in [-0.05, 0) is 18.3 Å². The minimum absolute atomic E-state index is 0.675. The summed E-state index contributed by atoms with van der Waals surface area (Å²) < 4.78 is 4.94. The van der Waals surface area contributed by atoms with Crippen molar-refractivity contribution in [1.82, 2.24) is 0 Å². The second-order valence-electron chi connectivity index (χ2n) is 3.35. The van der Waals surface area contributed by atoms with Gasteiger partial charge in [-0.1, -0.05) is 30.3 Å². The molecule has 0 aliphatic carbocycles. The van der Waals surface area contributed by atoms with Gasteiger partial charge in [-0.25, -0.2) is 0 Å². The van der Waals surface area contributed by atoms with Gasteiger partial charge in [0, 0.05) is 13.2 Å². The summed E-state index contributed by atoms with van der Waals surface area (Å²) in [6, 6.07) is 9.01.